The van der Waals surface area contributed by atoms with Crippen LogP contribution in [0.15, 0.2) is 24.3 Å². The third kappa shape index (κ3) is 7.91. The predicted octanol–water partition coefficient (Wildman–Crippen LogP) is 3.22. The topological polar surface area (TPSA) is 105 Å². The maximum Gasteiger partial charge on any atom is 0.407 e. The van der Waals surface area contributed by atoms with Crippen LogP contribution in [0.25, 0.3) is 0 Å². The molecule has 0 aliphatic heterocycles. The highest BCUT2D eigenvalue weighted by molar-refractivity contribution is 7.92. The van der Waals surface area contributed by atoms with Gasteiger partial charge in [-0.05, 0) is 30.7 Å². The van der Waals surface area contributed by atoms with Gasteiger partial charge in [-0.3, -0.25) is 9.52 Å². The number of alkyl halides is 3. The number of aromatic nitrogens is 2. The average Bonchev–Trinajstić information content (AvgIpc) is 3.07. The first-order chi connectivity index (χ1) is 15.0. The largest absolute Gasteiger partial charge is 0.407 e. The molecular formula is C20H27F4N5O3S. The summed E-state index contributed by atoms with van der Waals surface area (Å²) in [6.45, 7) is 5.66. The number of sulfonamides is 1. The number of nitrogens with one attached hydrogen (secondary N) is 3. The molecule has 1 aromatic heterocycles. The Labute approximate surface area is 189 Å². The summed E-state index contributed by atoms with van der Waals surface area (Å²) in [4.78, 5) is 13.6. The molecule has 0 bridgehead atoms. The molecule has 1 heterocycles. The van der Waals surface area contributed by atoms with Gasteiger partial charge in [-0.25, -0.2) is 12.8 Å². The highest BCUT2D eigenvalue weighted by Gasteiger charge is 2.28. The van der Waals surface area contributed by atoms with E-state index in [-0.39, 0.29) is 12.2 Å². The van der Waals surface area contributed by atoms with Gasteiger partial charge in [-0.2, -0.15) is 23.1 Å². The van der Waals surface area contributed by atoms with Gasteiger partial charge in [-0.15, -0.1) is 0 Å². The maximum absolute atomic E-state index is 14.2. The van der Waals surface area contributed by atoms with Gasteiger partial charge < -0.3 is 10.7 Å². The van der Waals surface area contributed by atoms with E-state index >= 15 is 0 Å². The molecule has 1 amide bonds. The van der Waals surface area contributed by atoms with Crippen LogP contribution in [0.2, 0.25) is 0 Å². The van der Waals surface area contributed by atoms with E-state index in [2.05, 4.69) is 15.8 Å². The van der Waals surface area contributed by atoms with E-state index in [1.54, 1.807) is 6.07 Å². The molecule has 0 aliphatic rings. The van der Waals surface area contributed by atoms with Crippen molar-refractivity contribution in [3.05, 3.63) is 47.0 Å². The minimum atomic E-state index is -4.45. The predicted molar refractivity (Wildman–Crippen MR) is 116 cm³/mol. The first-order valence-electron chi connectivity index (χ1n) is 9.91. The summed E-state index contributed by atoms with van der Waals surface area (Å²) in [5.74, 6) is -2.16. The summed E-state index contributed by atoms with van der Waals surface area (Å²) in [5, 5.41) is 6.78. The number of hydrogen-bond acceptors (Lipinski definition) is 5. The van der Waals surface area contributed by atoms with Crippen LogP contribution in [0.5, 0.6) is 0 Å². The molecule has 1 aromatic carbocycles. The molecule has 2 rings (SSSR count). The van der Waals surface area contributed by atoms with E-state index in [0.29, 0.717) is 17.0 Å². The number of carbonyl (C=O) groups excluding carboxylic acids is 1. The molecule has 8 nitrogen and oxygen atoms in total. The minimum Gasteiger partial charge on any atom is -0.350 e. The second-order valence-electron chi connectivity index (χ2n) is 8.69. The fourth-order valence-electron chi connectivity index (χ4n) is 2.78. The third-order valence-corrected chi connectivity index (χ3v) is 5.20. The van der Waals surface area contributed by atoms with Crippen LogP contribution in [0.3, 0.4) is 0 Å². The zero-order chi connectivity index (χ0) is 25.2. The lowest BCUT2D eigenvalue weighted by Gasteiger charge is -2.16. The van der Waals surface area contributed by atoms with Crippen molar-refractivity contribution in [1.82, 2.24) is 15.2 Å². The van der Waals surface area contributed by atoms with Crippen molar-refractivity contribution in [2.45, 2.75) is 51.7 Å². The lowest BCUT2D eigenvalue weighted by atomic mass is 9.92. The second kappa shape index (κ2) is 9.57. The van der Waals surface area contributed by atoms with E-state index in [1.807, 2.05) is 25.5 Å². The number of rotatable bonds is 8. The molecule has 13 heteroatoms. The van der Waals surface area contributed by atoms with Gasteiger partial charge in [0.05, 0.1) is 35.8 Å². The first kappa shape index (κ1) is 26.4. The van der Waals surface area contributed by atoms with Gasteiger partial charge in [0.25, 0.3) is 0 Å². The van der Waals surface area contributed by atoms with E-state index in [9.17, 15) is 30.8 Å². The summed E-state index contributed by atoms with van der Waals surface area (Å²) < 4.78 is 76.7. The zero-order valence-corrected chi connectivity index (χ0v) is 19.7. The van der Waals surface area contributed by atoms with E-state index in [1.165, 1.54) is 19.1 Å². The van der Waals surface area contributed by atoms with Crippen LogP contribution >= 0.6 is 0 Å². The highest BCUT2D eigenvalue weighted by Crippen LogP contribution is 2.24. The van der Waals surface area contributed by atoms with Crippen molar-refractivity contribution in [1.29, 1.82) is 0 Å². The number of carbonyl (C=O) groups is 1. The number of halogens is 4. The standard InChI is InChI=1S/C20H27F4N5O3S/c1-12(13-6-7-16(15(21)8-13)28-33(5,31)32)18(30)25-10-14-9-17(19(2,3)4)27-29(14)26-11-20(22,23)24/h6-9,12,26,28H,10-11H2,1-5H3,(H,25,30). The van der Waals surface area contributed by atoms with Crippen LogP contribution in [0.1, 0.15) is 50.6 Å². The summed E-state index contributed by atoms with van der Waals surface area (Å²) in [5.41, 5.74) is 2.64. The Morgan fingerprint density at radius 1 is 1.18 bits per heavy atom. The molecule has 184 valence electrons. The molecule has 0 saturated carbocycles. The van der Waals surface area contributed by atoms with Crippen molar-refractivity contribution in [2.24, 2.45) is 0 Å². The lowest BCUT2D eigenvalue weighted by molar-refractivity contribution is -0.122. The molecule has 1 unspecified atom stereocenters. The van der Waals surface area contributed by atoms with Crippen molar-refractivity contribution in [3.8, 4) is 0 Å². The smallest absolute Gasteiger partial charge is 0.350 e. The third-order valence-electron chi connectivity index (χ3n) is 4.61. The van der Waals surface area contributed by atoms with Crippen LogP contribution in [-0.4, -0.2) is 43.2 Å². The molecular weight excluding hydrogens is 466 g/mol. The van der Waals surface area contributed by atoms with E-state index in [4.69, 9.17) is 0 Å². The SMILES string of the molecule is CC(C(=O)NCc1cc(C(C)(C)C)nn1NCC(F)(F)F)c1ccc(NS(C)(=O)=O)c(F)c1. The summed E-state index contributed by atoms with van der Waals surface area (Å²) in [6, 6.07) is 5.26. The molecule has 1 atom stereocenters. The number of amides is 1. The first-order valence-corrected chi connectivity index (χ1v) is 11.8. The lowest BCUT2D eigenvalue weighted by Crippen LogP contribution is -2.33. The van der Waals surface area contributed by atoms with Crippen LogP contribution in [-0.2, 0) is 26.8 Å². The number of benzene rings is 1. The molecule has 0 spiro atoms. The molecule has 0 radical (unpaired) electrons. The van der Waals surface area contributed by atoms with Crippen molar-refractivity contribution < 1.29 is 30.8 Å². The second-order valence-corrected chi connectivity index (χ2v) is 10.4. The van der Waals surface area contributed by atoms with E-state index in [0.717, 1.165) is 17.1 Å². The van der Waals surface area contributed by atoms with Crippen LogP contribution < -0.4 is 15.5 Å². The number of nitrogens with zero attached hydrogens (tertiary/aromatic N) is 2. The van der Waals surface area contributed by atoms with Crippen LogP contribution in [0, 0.1) is 5.82 Å². The van der Waals surface area contributed by atoms with Gasteiger partial charge in [0, 0.05) is 5.41 Å². The number of anilines is 1. The molecule has 3 N–H and O–H groups in total. The van der Waals surface area contributed by atoms with E-state index < -0.39 is 45.8 Å². The van der Waals surface area contributed by atoms with Gasteiger partial charge in [0.1, 0.15) is 12.4 Å². The van der Waals surface area contributed by atoms with Gasteiger partial charge in [-0.1, -0.05) is 26.8 Å². The van der Waals surface area contributed by atoms with Gasteiger partial charge >= 0.3 is 6.18 Å². The summed E-state index contributed by atoms with van der Waals surface area (Å²) >= 11 is 0. The number of hydrogen-bond donors (Lipinski definition) is 3. The molecule has 0 aliphatic carbocycles. The Hall–Kier alpha value is -2.83. The van der Waals surface area contributed by atoms with Crippen molar-refractivity contribution in [2.75, 3.05) is 22.9 Å². The summed E-state index contributed by atoms with van der Waals surface area (Å²) in [7, 11) is -3.67. The average molecular weight is 494 g/mol. The molecule has 0 saturated heterocycles. The van der Waals surface area contributed by atoms with Crippen LogP contribution in [0.4, 0.5) is 23.2 Å². The monoisotopic (exact) mass is 493 g/mol. The minimum absolute atomic E-state index is 0.118. The highest BCUT2D eigenvalue weighted by atomic mass is 32.2. The Morgan fingerprint density at radius 3 is 2.33 bits per heavy atom. The Kier molecular flexibility index (Phi) is 7.67. The normalized spacial score (nSPS) is 13.5. The molecule has 33 heavy (non-hydrogen) atoms. The summed E-state index contributed by atoms with van der Waals surface area (Å²) in [6.07, 6.45) is -3.57. The van der Waals surface area contributed by atoms with Gasteiger partial charge in [0.15, 0.2) is 0 Å². The fraction of sp³-hybridized carbons (Fsp3) is 0.500. The van der Waals surface area contributed by atoms with Gasteiger partial charge in [0.2, 0.25) is 15.9 Å². The maximum atomic E-state index is 14.2. The Bertz CT molecular complexity index is 1110. The molecule has 0 fully saturated rings. The van der Waals surface area contributed by atoms with Crippen molar-refractivity contribution >= 4 is 21.6 Å². The Morgan fingerprint density at radius 2 is 1.82 bits per heavy atom. The fourth-order valence-corrected chi connectivity index (χ4v) is 3.34. The Balaban J connectivity index is 2.14. The van der Waals surface area contributed by atoms with Crippen molar-refractivity contribution in [3.63, 3.8) is 0 Å². The zero-order valence-electron chi connectivity index (χ0n) is 18.8. The molecule has 2 aromatic rings. The quantitative estimate of drug-likeness (QED) is 0.490.